The van der Waals surface area contributed by atoms with Crippen molar-refractivity contribution in [1.29, 1.82) is 0 Å². The fraction of sp³-hybridized carbons (Fsp3) is 0.320. The second-order valence-corrected chi connectivity index (χ2v) is 9.53. The van der Waals surface area contributed by atoms with E-state index in [0.29, 0.717) is 23.0 Å². The number of fused-ring (bicyclic) bond motifs is 2. The number of primary amides is 1. The molecule has 5 rings (SSSR count). The Hall–Kier alpha value is -3.63. The minimum absolute atomic E-state index is 0.0111. The van der Waals surface area contributed by atoms with Crippen LogP contribution in [0.5, 0.6) is 0 Å². The molecule has 0 unspecified atom stereocenters. The Morgan fingerprint density at radius 3 is 2.75 bits per heavy atom. The molecule has 4 atom stereocenters. The van der Waals surface area contributed by atoms with Gasteiger partial charge in [-0.2, -0.15) is 4.73 Å². The Morgan fingerprint density at radius 1 is 1.22 bits per heavy atom. The number of aliphatic hydroxyl groups excluding tert-OH is 1. The lowest BCUT2D eigenvalue weighted by atomic mass is 10.0. The lowest BCUT2D eigenvalue weighted by molar-refractivity contribution is -0.139. The van der Waals surface area contributed by atoms with Gasteiger partial charge in [-0.15, -0.1) is 0 Å². The zero-order chi connectivity index (χ0) is 25.6. The number of halogens is 2. The van der Waals surface area contributed by atoms with E-state index in [1.165, 1.54) is 34.0 Å². The molecule has 2 aromatic carbocycles. The predicted octanol–water partition coefficient (Wildman–Crippen LogP) is 2.18. The summed E-state index contributed by atoms with van der Waals surface area (Å²) in [5.41, 5.74) is 6.42. The van der Waals surface area contributed by atoms with Gasteiger partial charge in [-0.05, 0) is 36.0 Å². The Kier molecular flexibility index (Phi) is 6.31. The normalized spacial score (nSPS) is 21.2. The molecular weight excluding hydrogens is 491 g/mol. The monoisotopic (exact) mass is 514 g/mol. The van der Waals surface area contributed by atoms with Gasteiger partial charge in [0.2, 0.25) is 11.8 Å². The molecule has 1 saturated heterocycles. The van der Waals surface area contributed by atoms with Crippen molar-refractivity contribution in [2.24, 2.45) is 17.6 Å². The number of nitrogens with one attached hydrogen (secondary N) is 1. The van der Waals surface area contributed by atoms with Gasteiger partial charge in [0.1, 0.15) is 11.9 Å². The van der Waals surface area contributed by atoms with E-state index in [0.717, 1.165) is 6.42 Å². The van der Waals surface area contributed by atoms with Gasteiger partial charge in [0, 0.05) is 23.7 Å². The van der Waals surface area contributed by atoms with Crippen LogP contribution >= 0.6 is 11.6 Å². The number of rotatable bonds is 7. The number of amides is 3. The highest BCUT2D eigenvalue weighted by Crippen LogP contribution is 2.50. The lowest BCUT2D eigenvalue weighted by Crippen LogP contribution is -2.50. The molecule has 188 valence electrons. The van der Waals surface area contributed by atoms with Gasteiger partial charge in [0.25, 0.3) is 0 Å². The van der Waals surface area contributed by atoms with E-state index in [1.54, 1.807) is 24.3 Å². The van der Waals surface area contributed by atoms with Gasteiger partial charge in [-0.3, -0.25) is 9.59 Å². The van der Waals surface area contributed by atoms with E-state index in [4.69, 9.17) is 22.2 Å². The van der Waals surface area contributed by atoms with Crippen molar-refractivity contribution in [3.05, 3.63) is 70.6 Å². The SMILES string of the molecule is NC(=O)On1cc(CC(=O)N2C[C@H]3C[C@H]3[C@H]2C(=O)N[C@H](CO)c2cccc(Cl)c2F)c2ccccc21. The number of para-hydroxylation sites is 1. The molecule has 2 aliphatic rings. The number of nitrogens with two attached hydrogens (primary N) is 1. The summed E-state index contributed by atoms with van der Waals surface area (Å²) in [5.74, 6) is -1.20. The molecule has 1 aliphatic heterocycles. The molecule has 0 bridgehead atoms. The molecule has 1 saturated carbocycles. The number of aromatic nitrogens is 1. The molecule has 2 heterocycles. The van der Waals surface area contributed by atoms with E-state index >= 15 is 0 Å². The lowest BCUT2D eigenvalue weighted by Gasteiger charge is -2.28. The maximum absolute atomic E-state index is 14.5. The van der Waals surface area contributed by atoms with Crippen molar-refractivity contribution >= 4 is 40.4 Å². The molecule has 36 heavy (non-hydrogen) atoms. The Labute approximate surface area is 210 Å². The van der Waals surface area contributed by atoms with Crippen LogP contribution in [0.15, 0.2) is 48.7 Å². The first-order valence-corrected chi connectivity index (χ1v) is 11.9. The first-order valence-electron chi connectivity index (χ1n) is 11.5. The van der Waals surface area contributed by atoms with Crippen LogP contribution in [0.1, 0.15) is 23.6 Å². The number of carbonyl (C=O) groups excluding carboxylic acids is 3. The Morgan fingerprint density at radius 2 is 2.00 bits per heavy atom. The average Bonchev–Trinajstić information content (AvgIpc) is 3.39. The van der Waals surface area contributed by atoms with E-state index in [1.807, 2.05) is 0 Å². The van der Waals surface area contributed by atoms with E-state index in [9.17, 15) is 23.9 Å². The second kappa shape index (κ2) is 9.44. The summed E-state index contributed by atoms with van der Waals surface area (Å²) >= 11 is 5.86. The molecule has 0 radical (unpaired) electrons. The van der Waals surface area contributed by atoms with Crippen molar-refractivity contribution < 1.29 is 28.7 Å². The molecule has 0 spiro atoms. The van der Waals surface area contributed by atoms with Crippen LogP contribution in [0.25, 0.3) is 10.9 Å². The van der Waals surface area contributed by atoms with Crippen LogP contribution in [0, 0.1) is 17.7 Å². The van der Waals surface area contributed by atoms with Crippen molar-refractivity contribution in [3.63, 3.8) is 0 Å². The first kappa shape index (κ1) is 24.1. The highest BCUT2D eigenvalue weighted by molar-refractivity contribution is 6.30. The molecule has 3 aromatic rings. The molecule has 9 nitrogen and oxygen atoms in total. The van der Waals surface area contributed by atoms with Crippen LogP contribution in [-0.4, -0.2) is 51.8 Å². The van der Waals surface area contributed by atoms with Crippen molar-refractivity contribution in [3.8, 4) is 0 Å². The largest absolute Gasteiger partial charge is 0.429 e. The molecule has 2 fully saturated rings. The number of carbonyl (C=O) groups is 3. The summed E-state index contributed by atoms with van der Waals surface area (Å²) in [6.45, 7) is -0.0928. The van der Waals surface area contributed by atoms with Crippen LogP contribution < -0.4 is 15.9 Å². The van der Waals surface area contributed by atoms with Crippen molar-refractivity contribution in [2.45, 2.75) is 24.9 Å². The van der Waals surface area contributed by atoms with E-state index in [2.05, 4.69) is 5.32 Å². The minimum atomic E-state index is -1.00. The van der Waals surface area contributed by atoms with Gasteiger partial charge < -0.3 is 25.9 Å². The minimum Gasteiger partial charge on any atom is -0.394 e. The highest BCUT2D eigenvalue weighted by atomic mass is 35.5. The first-order chi connectivity index (χ1) is 17.3. The topological polar surface area (TPSA) is 127 Å². The standard InChI is InChI=1S/C25H24ClFN4O5/c26-18-6-3-5-16(22(18)27)19(12-32)29-24(34)23-17-8-13(17)10-30(23)21(33)9-14-11-31(36-25(28)35)20-7-2-1-4-15(14)20/h1-7,11,13,17,19,23,32H,8-10,12H2,(H2,28,35)(H,29,34)/t13-,17-,19-,23+/m1/s1. The summed E-state index contributed by atoms with van der Waals surface area (Å²) in [6, 6.07) is 9.74. The molecule has 4 N–H and O–H groups in total. The third-order valence-electron chi connectivity index (χ3n) is 6.89. The summed E-state index contributed by atoms with van der Waals surface area (Å²) < 4.78 is 15.7. The van der Waals surface area contributed by atoms with E-state index < -0.39 is 36.5 Å². The summed E-state index contributed by atoms with van der Waals surface area (Å²) in [5, 5.41) is 13.1. The number of benzene rings is 2. The summed E-state index contributed by atoms with van der Waals surface area (Å²) in [4.78, 5) is 44.5. The van der Waals surface area contributed by atoms with Gasteiger partial charge in [-0.25, -0.2) is 9.18 Å². The van der Waals surface area contributed by atoms with Crippen LogP contribution in [0.3, 0.4) is 0 Å². The average molecular weight is 515 g/mol. The van der Waals surface area contributed by atoms with Gasteiger partial charge in [0.05, 0.1) is 29.6 Å². The molecule has 1 aromatic heterocycles. The number of hydrogen-bond donors (Lipinski definition) is 3. The zero-order valence-electron chi connectivity index (χ0n) is 19.1. The number of nitrogens with zero attached hydrogens (tertiary/aromatic N) is 2. The number of aliphatic hydroxyl groups is 1. The molecule has 3 amide bonds. The number of likely N-dealkylation sites (tertiary alicyclic amines) is 1. The maximum atomic E-state index is 14.5. The molecule has 1 aliphatic carbocycles. The van der Waals surface area contributed by atoms with Crippen molar-refractivity contribution in [1.82, 2.24) is 14.9 Å². The summed E-state index contributed by atoms with van der Waals surface area (Å²) in [6.07, 6.45) is 1.34. The fourth-order valence-electron chi connectivity index (χ4n) is 5.12. The van der Waals surface area contributed by atoms with Crippen LogP contribution in [-0.2, 0) is 16.0 Å². The third-order valence-corrected chi connectivity index (χ3v) is 7.18. The van der Waals surface area contributed by atoms with Crippen LogP contribution in [0.2, 0.25) is 5.02 Å². The fourth-order valence-corrected chi connectivity index (χ4v) is 5.30. The summed E-state index contributed by atoms with van der Waals surface area (Å²) in [7, 11) is 0. The number of hydrogen-bond acceptors (Lipinski definition) is 5. The maximum Gasteiger partial charge on any atom is 0.429 e. The van der Waals surface area contributed by atoms with Crippen LogP contribution in [0.4, 0.5) is 9.18 Å². The molecular formula is C25H24ClFN4O5. The predicted molar refractivity (Wildman–Crippen MR) is 128 cm³/mol. The van der Waals surface area contributed by atoms with E-state index in [-0.39, 0.29) is 34.7 Å². The van der Waals surface area contributed by atoms with Gasteiger partial charge >= 0.3 is 6.09 Å². The smallest absolute Gasteiger partial charge is 0.394 e. The molecule has 11 heteroatoms. The quantitative estimate of drug-likeness (QED) is 0.445. The van der Waals surface area contributed by atoms with Gasteiger partial charge in [-0.1, -0.05) is 41.9 Å². The highest BCUT2D eigenvalue weighted by Gasteiger charge is 2.56. The third kappa shape index (κ3) is 4.38. The van der Waals surface area contributed by atoms with Crippen molar-refractivity contribution in [2.75, 3.05) is 13.2 Å². The Bertz CT molecular complexity index is 1360. The van der Waals surface area contributed by atoms with Gasteiger partial charge in [0.15, 0.2) is 0 Å². The zero-order valence-corrected chi connectivity index (χ0v) is 19.8. The Balaban J connectivity index is 1.35. The number of piperidine rings is 1. The second-order valence-electron chi connectivity index (χ2n) is 9.12.